The topological polar surface area (TPSA) is 64.3 Å². The van der Waals surface area contributed by atoms with Crippen LogP contribution >= 0.6 is 11.5 Å². The summed E-state index contributed by atoms with van der Waals surface area (Å²) in [5, 5.41) is 8.10. The first-order chi connectivity index (χ1) is 9.76. The highest BCUT2D eigenvalue weighted by Crippen LogP contribution is 2.32. The van der Waals surface area contributed by atoms with Gasteiger partial charge < -0.3 is 9.15 Å². The molecular formula is C13H18N4O2S. The number of hydrogen-bond acceptors (Lipinski definition) is 7. The van der Waals surface area contributed by atoms with Gasteiger partial charge in [-0.3, -0.25) is 4.90 Å². The maximum atomic E-state index is 5.60. The molecule has 0 unspecified atom stereocenters. The summed E-state index contributed by atoms with van der Waals surface area (Å²) in [5.74, 6) is 1.31. The van der Waals surface area contributed by atoms with Crippen LogP contribution < -0.4 is 0 Å². The maximum Gasteiger partial charge on any atom is 0.233 e. The maximum absolute atomic E-state index is 5.60. The Morgan fingerprint density at radius 3 is 3.05 bits per heavy atom. The van der Waals surface area contributed by atoms with Crippen molar-refractivity contribution in [3.8, 4) is 0 Å². The highest BCUT2D eigenvalue weighted by molar-refractivity contribution is 7.05. The van der Waals surface area contributed by atoms with Crippen LogP contribution in [0.1, 0.15) is 29.1 Å². The molecule has 3 heterocycles. The van der Waals surface area contributed by atoms with Gasteiger partial charge in [0.05, 0.1) is 12.1 Å². The highest BCUT2D eigenvalue weighted by atomic mass is 32.1. The number of methoxy groups -OCH3 is 1. The zero-order valence-electron chi connectivity index (χ0n) is 11.7. The van der Waals surface area contributed by atoms with Crippen molar-refractivity contribution < 1.29 is 9.15 Å². The van der Waals surface area contributed by atoms with Gasteiger partial charge in [-0.2, -0.15) is 0 Å². The van der Waals surface area contributed by atoms with Crippen molar-refractivity contribution in [2.45, 2.75) is 31.9 Å². The molecule has 2 aromatic rings. The van der Waals surface area contributed by atoms with E-state index in [1.165, 1.54) is 4.88 Å². The average molecular weight is 294 g/mol. The predicted octanol–water partition coefficient (Wildman–Crippen LogP) is 1.84. The van der Waals surface area contributed by atoms with Crippen LogP contribution in [0.15, 0.2) is 16.7 Å². The molecule has 1 aliphatic heterocycles. The molecule has 1 fully saturated rings. The number of ether oxygens (including phenoxy) is 1. The molecule has 0 radical (unpaired) electrons. The summed E-state index contributed by atoms with van der Waals surface area (Å²) < 4.78 is 15.2. The summed E-state index contributed by atoms with van der Waals surface area (Å²) in [5.41, 5.74) is 0. The van der Waals surface area contributed by atoms with Crippen molar-refractivity contribution in [2.75, 3.05) is 20.2 Å². The Hall–Kier alpha value is -1.31. The molecule has 2 atom stereocenters. The number of rotatable bonds is 5. The van der Waals surface area contributed by atoms with Gasteiger partial charge in [-0.1, -0.05) is 0 Å². The van der Waals surface area contributed by atoms with E-state index >= 15 is 0 Å². The summed E-state index contributed by atoms with van der Waals surface area (Å²) in [7, 11) is 1.76. The normalized spacial score (nSPS) is 23.5. The molecule has 20 heavy (non-hydrogen) atoms. The predicted molar refractivity (Wildman–Crippen MR) is 74.6 cm³/mol. The standard InChI is InChI=1S/C13H18N4O2S/c1-9-15-16-13(19-9)12-7-10(18-2)8-17(12)6-4-11-3-5-14-20-11/h3,5,10,12H,4,6-8H2,1-2H3/t10-,12-/m1/s1. The van der Waals surface area contributed by atoms with Gasteiger partial charge in [-0.25, -0.2) is 4.37 Å². The lowest BCUT2D eigenvalue weighted by molar-refractivity contribution is 0.108. The van der Waals surface area contributed by atoms with Gasteiger partial charge in [-0.05, 0) is 30.4 Å². The van der Waals surface area contributed by atoms with Gasteiger partial charge in [-0.15, -0.1) is 10.2 Å². The van der Waals surface area contributed by atoms with Crippen molar-refractivity contribution in [1.82, 2.24) is 19.5 Å². The Balaban J connectivity index is 1.69. The molecular weight excluding hydrogens is 276 g/mol. The lowest BCUT2D eigenvalue weighted by Gasteiger charge is -2.20. The minimum atomic E-state index is 0.161. The SMILES string of the molecule is CO[C@@H]1C[C@H](c2nnc(C)o2)N(CCc2ccns2)C1. The van der Waals surface area contributed by atoms with E-state index in [0.29, 0.717) is 11.8 Å². The number of nitrogens with zero attached hydrogens (tertiary/aromatic N) is 4. The van der Waals surface area contributed by atoms with Crippen molar-refractivity contribution in [1.29, 1.82) is 0 Å². The fourth-order valence-electron chi connectivity index (χ4n) is 2.61. The van der Waals surface area contributed by atoms with Crippen LogP contribution in [0, 0.1) is 6.92 Å². The molecule has 0 N–H and O–H groups in total. The molecule has 0 saturated carbocycles. The first kappa shape index (κ1) is 13.7. The summed E-state index contributed by atoms with van der Waals surface area (Å²) in [4.78, 5) is 3.66. The molecule has 1 aliphatic rings. The Morgan fingerprint density at radius 2 is 2.40 bits per heavy atom. The molecule has 0 aromatic carbocycles. The van der Waals surface area contributed by atoms with E-state index in [1.807, 2.05) is 13.1 Å². The summed E-state index contributed by atoms with van der Waals surface area (Å²) in [6.45, 7) is 3.68. The third-order valence-corrected chi connectivity index (χ3v) is 4.46. The second-order valence-corrected chi connectivity index (χ2v) is 5.91. The number of likely N-dealkylation sites (tertiary alicyclic amines) is 1. The van der Waals surface area contributed by atoms with E-state index in [2.05, 4.69) is 25.5 Å². The smallest absolute Gasteiger partial charge is 0.233 e. The average Bonchev–Trinajstić information content (AvgIpc) is 3.16. The van der Waals surface area contributed by atoms with Crippen molar-refractivity contribution in [2.24, 2.45) is 0 Å². The zero-order chi connectivity index (χ0) is 13.9. The molecule has 1 saturated heterocycles. The van der Waals surface area contributed by atoms with Crippen molar-refractivity contribution in [3.05, 3.63) is 28.9 Å². The van der Waals surface area contributed by atoms with Gasteiger partial charge in [0.15, 0.2) is 0 Å². The number of aryl methyl sites for hydroxylation is 1. The van der Waals surface area contributed by atoms with E-state index in [-0.39, 0.29) is 12.1 Å². The van der Waals surface area contributed by atoms with Crippen LogP contribution in [-0.4, -0.2) is 45.8 Å². The molecule has 0 spiro atoms. The molecule has 7 heteroatoms. The zero-order valence-corrected chi connectivity index (χ0v) is 12.5. The monoisotopic (exact) mass is 294 g/mol. The third-order valence-electron chi connectivity index (χ3n) is 3.66. The van der Waals surface area contributed by atoms with E-state index in [9.17, 15) is 0 Å². The van der Waals surface area contributed by atoms with Crippen LogP contribution in [-0.2, 0) is 11.2 Å². The number of hydrogen-bond donors (Lipinski definition) is 0. The lowest BCUT2D eigenvalue weighted by Crippen LogP contribution is -2.27. The Morgan fingerprint density at radius 1 is 1.50 bits per heavy atom. The van der Waals surface area contributed by atoms with Crippen LogP contribution in [0.25, 0.3) is 0 Å². The van der Waals surface area contributed by atoms with Crippen molar-refractivity contribution in [3.63, 3.8) is 0 Å². The third kappa shape index (κ3) is 2.89. The Bertz CT molecular complexity index is 542. The first-order valence-corrected chi connectivity index (χ1v) is 7.50. The molecule has 0 amide bonds. The fraction of sp³-hybridized carbons (Fsp3) is 0.615. The summed E-state index contributed by atoms with van der Waals surface area (Å²) >= 11 is 1.55. The van der Waals surface area contributed by atoms with Crippen LogP contribution in [0.3, 0.4) is 0 Å². The molecule has 0 bridgehead atoms. The van der Waals surface area contributed by atoms with Crippen LogP contribution in [0.2, 0.25) is 0 Å². The highest BCUT2D eigenvalue weighted by Gasteiger charge is 2.36. The summed E-state index contributed by atoms with van der Waals surface area (Å²) in [6, 6.07) is 2.23. The molecule has 108 valence electrons. The fourth-order valence-corrected chi connectivity index (χ4v) is 3.17. The van der Waals surface area contributed by atoms with Gasteiger partial charge in [0.1, 0.15) is 0 Å². The van der Waals surface area contributed by atoms with E-state index in [0.717, 1.165) is 25.9 Å². The first-order valence-electron chi connectivity index (χ1n) is 6.72. The molecule has 0 aliphatic carbocycles. The molecule has 6 nitrogen and oxygen atoms in total. The van der Waals surface area contributed by atoms with Gasteiger partial charge in [0, 0.05) is 38.2 Å². The quantitative estimate of drug-likeness (QED) is 0.838. The second kappa shape index (κ2) is 5.99. The van der Waals surface area contributed by atoms with Crippen LogP contribution in [0.4, 0.5) is 0 Å². The van der Waals surface area contributed by atoms with Gasteiger partial charge in [0.25, 0.3) is 0 Å². The van der Waals surface area contributed by atoms with Crippen molar-refractivity contribution >= 4 is 11.5 Å². The van der Waals surface area contributed by atoms with Gasteiger partial charge >= 0.3 is 0 Å². The van der Waals surface area contributed by atoms with Crippen LogP contribution in [0.5, 0.6) is 0 Å². The second-order valence-electron chi connectivity index (χ2n) is 4.99. The minimum Gasteiger partial charge on any atom is -0.424 e. The Kier molecular flexibility index (Phi) is 4.09. The summed E-state index contributed by atoms with van der Waals surface area (Å²) in [6.07, 6.45) is 3.97. The largest absolute Gasteiger partial charge is 0.424 e. The molecule has 3 rings (SSSR count). The molecule has 2 aromatic heterocycles. The number of aromatic nitrogens is 3. The lowest BCUT2D eigenvalue weighted by atomic mass is 10.2. The van der Waals surface area contributed by atoms with E-state index in [1.54, 1.807) is 18.6 Å². The Labute approximate surface area is 121 Å². The van der Waals surface area contributed by atoms with E-state index < -0.39 is 0 Å². The van der Waals surface area contributed by atoms with E-state index in [4.69, 9.17) is 9.15 Å². The minimum absolute atomic E-state index is 0.161. The van der Waals surface area contributed by atoms with Gasteiger partial charge in [0.2, 0.25) is 11.8 Å².